The molecule has 0 saturated carbocycles. The highest BCUT2D eigenvalue weighted by atomic mass is 16.2. The minimum Gasteiger partial charge on any atom is -0.334 e. The summed E-state index contributed by atoms with van der Waals surface area (Å²) in [6.07, 6.45) is 0. The van der Waals surface area contributed by atoms with Gasteiger partial charge in [-0.15, -0.1) is 0 Å². The zero-order valence-corrected chi connectivity index (χ0v) is 14.8. The predicted octanol–water partition coefficient (Wildman–Crippen LogP) is 4.72. The number of nitrogens with zero attached hydrogens (tertiary/aromatic N) is 1. The first kappa shape index (κ1) is 16.8. The number of nitrogens with one attached hydrogen (secondary N) is 2. The van der Waals surface area contributed by atoms with Crippen LogP contribution in [0.4, 0.5) is 10.5 Å². The van der Waals surface area contributed by atoms with Gasteiger partial charge in [-0.05, 0) is 62.2 Å². The summed E-state index contributed by atoms with van der Waals surface area (Å²) in [4.78, 5) is 12.1. The number of aromatic nitrogens is 1. The highest BCUT2D eigenvalue weighted by molar-refractivity contribution is 5.89. The minimum absolute atomic E-state index is 0.202. The zero-order valence-electron chi connectivity index (χ0n) is 14.8. The Bertz CT molecular complexity index is 881. The second-order valence-electron chi connectivity index (χ2n) is 6.24. The van der Waals surface area contributed by atoms with Gasteiger partial charge in [0, 0.05) is 29.3 Å². The molecule has 0 radical (unpaired) electrons. The molecule has 0 unspecified atom stereocenters. The molecule has 3 aromatic rings. The van der Waals surface area contributed by atoms with E-state index in [4.69, 9.17) is 0 Å². The molecule has 4 nitrogen and oxygen atoms in total. The summed E-state index contributed by atoms with van der Waals surface area (Å²) in [5, 5.41) is 5.76. The van der Waals surface area contributed by atoms with E-state index >= 15 is 0 Å². The highest BCUT2D eigenvalue weighted by Crippen LogP contribution is 2.21. The first-order chi connectivity index (χ1) is 12.0. The van der Waals surface area contributed by atoms with Crippen LogP contribution in [-0.4, -0.2) is 10.6 Å². The van der Waals surface area contributed by atoms with Gasteiger partial charge in [0.1, 0.15) is 0 Å². The van der Waals surface area contributed by atoms with Crippen molar-refractivity contribution in [3.8, 4) is 5.69 Å². The normalized spacial score (nSPS) is 10.5. The van der Waals surface area contributed by atoms with E-state index in [-0.39, 0.29) is 6.03 Å². The lowest BCUT2D eigenvalue weighted by molar-refractivity contribution is 0.251. The molecule has 0 atom stereocenters. The molecule has 0 aliphatic carbocycles. The highest BCUT2D eigenvalue weighted by Gasteiger charge is 2.11. The SMILES string of the molecule is Cc1cccc(-n2c(C)cc(CNC(=O)Nc3ccccc3)c2C)c1. The number of aryl methyl sites for hydroxylation is 2. The fourth-order valence-electron chi connectivity index (χ4n) is 3.04. The van der Waals surface area contributed by atoms with Gasteiger partial charge in [-0.25, -0.2) is 4.79 Å². The summed E-state index contributed by atoms with van der Waals surface area (Å²) in [6, 6.07) is 19.8. The molecular formula is C21H23N3O. The van der Waals surface area contributed by atoms with Crippen molar-refractivity contribution in [2.24, 2.45) is 0 Å². The molecule has 0 aliphatic heterocycles. The zero-order chi connectivity index (χ0) is 17.8. The fraction of sp³-hybridized carbons (Fsp3) is 0.190. The lowest BCUT2D eigenvalue weighted by Crippen LogP contribution is -2.28. The van der Waals surface area contributed by atoms with Crippen LogP contribution in [0.1, 0.15) is 22.5 Å². The third-order valence-electron chi connectivity index (χ3n) is 4.27. The average molecular weight is 333 g/mol. The summed E-state index contributed by atoms with van der Waals surface area (Å²) >= 11 is 0. The molecule has 0 fully saturated rings. The molecule has 2 aromatic carbocycles. The largest absolute Gasteiger partial charge is 0.334 e. The van der Waals surface area contributed by atoms with Crippen LogP contribution in [0.15, 0.2) is 60.7 Å². The second kappa shape index (κ2) is 7.26. The maximum absolute atomic E-state index is 12.1. The summed E-state index contributed by atoms with van der Waals surface area (Å²) in [6.45, 7) is 6.75. The van der Waals surface area contributed by atoms with Gasteiger partial charge < -0.3 is 15.2 Å². The lowest BCUT2D eigenvalue weighted by Gasteiger charge is -2.11. The van der Waals surface area contributed by atoms with Crippen molar-refractivity contribution in [3.05, 3.63) is 83.2 Å². The molecule has 1 heterocycles. The van der Waals surface area contributed by atoms with E-state index in [9.17, 15) is 4.79 Å². The standard InChI is InChI=1S/C21H23N3O/c1-15-8-7-11-20(12-15)24-16(2)13-18(17(24)3)14-22-21(25)23-19-9-5-4-6-10-19/h4-13H,14H2,1-3H3,(H2,22,23,25). The van der Waals surface area contributed by atoms with Crippen molar-refractivity contribution in [2.45, 2.75) is 27.3 Å². The second-order valence-corrected chi connectivity index (χ2v) is 6.24. The van der Waals surface area contributed by atoms with Crippen LogP contribution in [0.2, 0.25) is 0 Å². The number of anilines is 1. The Labute approximate surface area is 148 Å². The van der Waals surface area contributed by atoms with Crippen molar-refractivity contribution >= 4 is 11.7 Å². The molecule has 2 amide bonds. The minimum atomic E-state index is -0.202. The number of urea groups is 1. The number of para-hydroxylation sites is 1. The van der Waals surface area contributed by atoms with Crippen LogP contribution < -0.4 is 10.6 Å². The van der Waals surface area contributed by atoms with Crippen LogP contribution in [0.3, 0.4) is 0 Å². The van der Waals surface area contributed by atoms with Crippen LogP contribution in [0.25, 0.3) is 5.69 Å². The molecular weight excluding hydrogens is 310 g/mol. The Balaban J connectivity index is 1.72. The number of amides is 2. The van der Waals surface area contributed by atoms with E-state index in [0.29, 0.717) is 6.54 Å². The third kappa shape index (κ3) is 3.91. The molecule has 0 aliphatic rings. The fourth-order valence-corrected chi connectivity index (χ4v) is 3.04. The Hall–Kier alpha value is -3.01. The van der Waals surface area contributed by atoms with E-state index in [1.54, 1.807) is 0 Å². The van der Waals surface area contributed by atoms with Crippen molar-refractivity contribution < 1.29 is 4.79 Å². The Morgan fingerprint density at radius 1 is 0.960 bits per heavy atom. The molecule has 3 rings (SSSR count). The van der Waals surface area contributed by atoms with Crippen molar-refractivity contribution in [1.82, 2.24) is 9.88 Å². The van der Waals surface area contributed by atoms with E-state index in [1.165, 1.54) is 5.56 Å². The van der Waals surface area contributed by atoms with Crippen LogP contribution in [0.5, 0.6) is 0 Å². The smallest absolute Gasteiger partial charge is 0.319 e. The Morgan fingerprint density at radius 3 is 2.44 bits per heavy atom. The molecule has 0 spiro atoms. The van der Waals surface area contributed by atoms with Gasteiger partial charge in [-0.1, -0.05) is 30.3 Å². The number of carbonyl (C=O) groups is 1. The van der Waals surface area contributed by atoms with Gasteiger partial charge in [0.25, 0.3) is 0 Å². The van der Waals surface area contributed by atoms with Crippen LogP contribution in [0, 0.1) is 20.8 Å². The van der Waals surface area contributed by atoms with Gasteiger partial charge in [0.2, 0.25) is 0 Å². The third-order valence-corrected chi connectivity index (χ3v) is 4.27. The predicted molar refractivity (Wildman–Crippen MR) is 102 cm³/mol. The number of hydrogen-bond acceptors (Lipinski definition) is 1. The molecule has 25 heavy (non-hydrogen) atoms. The number of benzene rings is 2. The summed E-state index contributed by atoms with van der Waals surface area (Å²) < 4.78 is 2.22. The first-order valence-electron chi connectivity index (χ1n) is 8.39. The number of hydrogen-bond donors (Lipinski definition) is 2. The molecule has 128 valence electrons. The van der Waals surface area contributed by atoms with Crippen LogP contribution in [-0.2, 0) is 6.54 Å². The maximum atomic E-state index is 12.1. The van der Waals surface area contributed by atoms with Crippen LogP contribution >= 0.6 is 0 Å². The van der Waals surface area contributed by atoms with Gasteiger partial charge >= 0.3 is 6.03 Å². The quantitative estimate of drug-likeness (QED) is 0.713. The maximum Gasteiger partial charge on any atom is 0.319 e. The summed E-state index contributed by atoms with van der Waals surface area (Å²) in [5.74, 6) is 0. The van der Waals surface area contributed by atoms with Crippen molar-refractivity contribution in [3.63, 3.8) is 0 Å². The molecule has 0 bridgehead atoms. The van der Waals surface area contributed by atoms with E-state index in [1.807, 2.05) is 30.3 Å². The molecule has 0 saturated heterocycles. The Kier molecular flexibility index (Phi) is 4.89. The summed E-state index contributed by atoms with van der Waals surface area (Å²) in [7, 11) is 0. The molecule has 1 aromatic heterocycles. The van der Waals surface area contributed by atoms with Gasteiger partial charge in [0.15, 0.2) is 0 Å². The Morgan fingerprint density at radius 2 is 1.72 bits per heavy atom. The number of rotatable bonds is 4. The molecule has 4 heteroatoms. The lowest BCUT2D eigenvalue weighted by atomic mass is 10.2. The average Bonchev–Trinajstić information content (AvgIpc) is 2.88. The monoisotopic (exact) mass is 333 g/mol. The van der Waals surface area contributed by atoms with Gasteiger partial charge in [0.05, 0.1) is 0 Å². The van der Waals surface area contributed by atoms with E-state index < -0.39 is 0 Å². The van der Waals surface area contributed by atoms with Crippen molar-refractivity contribution in [1.29, 1.82) is 0 Å². The van der Waals surface area contributed by atoms with E-state index in [2.05, 4.69) is 66.3 Å². The van der Waals surface area contributed by atoms with Gasteiger partial charge in [-0.3, -0.25) is 0 Å². The van der Waals surface area contributed by atoms with Crippen molar-refractivity contribution in [2.75, 3.05) is 5.32 Å². The first-order valence-corrected chi connectivity index (χ1v) is 8.39. The number of carbonyl (C=O) groups excluding carboxylic acids is 1. The molecule has 2 N–H and O–H groups in total. The van der Waals surface area contributed by atoms with E-state index in [0.717, 1.165) is 28.3 Å². The van der Waals surface area contributed by atoms with Gasteiger partial charge in [-0.2, -0.15) is 0 Å². The summed E-state index contributed by atoms with van der Waals surface area (Å²) in [5.41, 5.74) is 6.57. The topological polar surface area (TPSA) is 46.1 Å².